The van der Waals surface area contributed by atoms with Crippen LogP contribution in [0, 0.1) is 0 Å². The number of thiocarbonyl (C=S) groups is 1. The Bertz CT molecular complexity index is 132. The van der Waals surface area contributed by atoms with E-state index in [2.05, 4.69) is 10.2 Å². The zero-order chi connectivity index (χ0) is 8.10. The van der Waals surface area contributed by atoms with Crippen LogP contribution in [-0.2, 0) is 0 Å². The Morgan fingerprint density at radius 2 is 2.00 bits per heavy atom. The molecule has 0 aromatic carbocycles. The third-order valence-electron chi connectivity index (χ3n) is 1.93. The second-order valence-corrected chi connectivity index (χ2v) is 3.32. The van der Waals surface area contributed by atoms with E-state index in [1.165, 1.54) is 32.4 Å². The standard InChI is InChI=1S/C7H15N3S/c8-7(11)9-6-10-4-2-1-3-5-10/h1-6H2,(H3,8,9,11). The molecule has 1 rings (SSSR count). The number of hydrogen-bond acceptors (Lipinski definition) is 2. The first-order valence-corrected chi connectivity index (χ1v) is 4.45. The normalized spacial score (nSPS) is 19.6. The molecule has 1 aliphatic heterocycles. The summed E-state index contributed by atoms with van der Waals surface area (Å²) in [5.74, 6) is 0. The molecule has 0 saturated carbocycles. The fraction of sp³-hybridized carbons (Fsp3) is 0.857. The minimum atomic E-state index is 0.399. The van der Waals surface area contributed by atoms with Gasteiger partial charge in [-0.3, -0.25) is 4.90 Å². The van der Waals surface area contributed by atoms with Crippen molar-refractivity contribution in [2.75, 3.05) is 19.8 Å². The van der Waals surface area contributed by atoms with Gasteiger partial charge in [-0.05, 0) is 38.1 Å². The lowest BCUT2D eigenvalue weighted by Crippen LogP contribution is -2.42. The van der Waals surface area contributed by atoms with Crippen molar-refractivity contribution in [3.05, 3.63) is 0 Å². The molecule has 11 heavy (non-hydrogen) atoms. The van der Waals surface area contributed by atoms with Gasteiger partial charge in [0.1, 0.15) is 0 Å². The van der Waals surface area contributed by atoms with Crippen LogP contribution in [0.1, 0.15) is 19.3 Å². The lowest BCUT2D eigenvalue weighted by molar-refractivity contribution is 0.225. The first-order valence-electron chi connectivity index (χ1n) is 4.05. The van der Waals surface area contributed by atoms with Crippen molar-refractivity contribution in [3.8, 4) is 0 Å². The molecule has 0 aromatic heterocycles. The quantitative estimate of drug-likeness (QED) is 0.588. The summed E-state index contributed by atoms with van der Waals surface area (Å²) < 4.78 is 0. The SMILES string of the molecule is NC(=S)NCN1CCCCC1. The zero-order valence-corrected chi connectivity index (χ0v) is 7.49. The van der Waals surface area contributed by atoms with Crippen LogP contribution in [-0.4, -0.2) is 29.8 Å². The summed E-state index contributed by atoms with van der Waals surface area (Å²) in [5.41, 5.74) is 5.30. The number of nitrogens with one attached hydrogen (secondary N) is 1. The van der Waals surface area contributed by atoms with Gasteiger partial charge in [-0.15, -0.1) is 0 Å². The summed E-state index contributed by atoms with van der Waals surface area (Å²) in [7, 11) is 0. The molecule has 0 aromatic rings. The van der Waals surface area contributed by atoms with Crippen molar-refractivity contribution in [1.29, 1.82) is 0 Å². The zero-order valence-electron chi connectivity index (χ0n) is 6.68. The van der Waals surface area contributed by atoms with Gasteiger partial charge in [-0.1, -0.05) is 6.42 Å². The summed E-state index contributed by atoms with van der Waals surface area (Å²) in [4.78, 5) is 2.34. The molecule has 0 aliphatic carbocycles. The number of nitrogens with zero attached hydrogens (tertiary/aromatic N) is 1. The highest BCUT2D eigenvalue weighted by atomic mass is 32.1. The lowest BCUT2D eigenvalue weighted by Gasteiger charge is -2.26. The van der Waals surface area contributed by atoms with Crippen molar-refractivity contribution in [3.63, 3.8) is 0 Å². The molecule has 4 heteroatoms. The van der Waals surface area contributed by atoms with E-state index >= 15 is 0 Å². The molecule has 0 amide bonds. The van der Waals surface area contributed by atoms with E-state index in [0.717, 1.165) is 6.67 Å². The van der Waals surface area contributed by atoms with E-state index in [9.17, 15) is 0 Å². The van der Waals surface area contributed by atoms with Crippen molar-refractivity contribution in [2.24, 2.45) is 5.73 Å². The third kappa shape index (κ3) is 3.53. The molecular weight excluding hydrogens is 158 g/mol. The van der Waals surface area contributed by atoms with Crippen molar-refractivity contribution in [2.45, 2.75) is 19.3 Å². The van der Waals surface area contributed by atoms with Crippen LogP contribution in [0.15, 0.2) is 0 Å². The molecule has 1 fully saturated rings. The molecule has 1 aliphatic rings. The third-order valence-corrected chi connectivity index (χ3v) is 2.07. The molecule has 0 unspecified atom stereocenters. The van der Waals surface area contributed by atoms with Crippen LogP contribution in [0.4, 0.5) is 0 Å². The minimum Gasteiger partial charge on any atom is -0.376 e. The van der Waals surface area contributed by atoms with E-state index in [1.54, 1.807) is 0 Å². The molecular formula is C7H15N3S. The van der Waals surface area contributed by atoms with Crippen LogP contribution in [0.25, 0.3) is 0 Å². The van der Waals surface area contributed by atoms with E-state index in [-0.39, 0.29) is 0 Å². The monoisotopic (exact) mass is 173 g/mol. The maximum Gasteiger partial charge on any atom is 0.164 e. The van der Waals surface area contributed by atoms with Gasteiger partial charge >= 0.3 is 0 Å². The average molecular weight is 173 g/mol. The predicted octanol–water partition coefficient (Wildman–Crippen LogP) is 0.263. The summed E-state index contributed by atoms with van der Waals surface area (Å²) in [6, 6.07) is 0. The Labute approximate surface area is 72.9 Å². The molecule has 0 radical (unpaired) electrons. The van der Waals surface area contributed by atoms with Crippen molar-refractivity contribution in [1.82, 2.24) is 10.2 Å². The second-order valence-electron chi connectivity index (χ2n) is 2.88. The Hall–Kier alpha value is -0.350. The highest BCUT2D eigenvalue weighted by molar-refractivity contribution is 7.80. The van der Waals surface area contributed by atoms with Gasteiger partial charge in [0.15, 0.2) is 5.11 Å². The largest absolute Gasteiger partial charge is 0.376 e. The molecule has 3 N–H and O–H groups in total. The Kier molecular flexibility index (Phi) is 3.59. The number of likely N-dealkylation sites (tertiary alicyclic amines) is 1. The predicted molar refractivity (Wildman–Crippen MR) is 50.2 cm³/mol. The molecule has 0 bridgehead atoms. The highest BCUT2D eigenvalue weighted by Crippen LogP contribution is 2.06. The van der Waals surface area contributed by atoms with Crippen molar-refractivity contribution < 1.29 is 0 Å². The summed E-state index contributed by atoms with van der Waals surface area (Å²) >= 11 is 4.70. The van der Waals surface area contributed by atoms with Crippen LogP contribution in [0.3, 0.4) is 0 Å². The summed E-state index contributed by atoms with van der Waals surface area (Å²) in [5, 5.41) is 3.35. The van der Waals surface area contributed by atoms with E-state index in [1.807, 2.05) is 0 Å². The average Bonchev–Trinajstić information content (AvgIpc) is 2.03. The van der Waals surface area contributed by atoms with Crippen LogP contribution in [0.5, 0.6) is 0 Å². The van der Waals surface area contributed by atoms with Crippen LogP contribution in [0.2, 0.25) is 0 Å². The van der Waals surface area contributed by atoms with Crippen LogP contribution >= 0.6 is 12.2 Å². The maximum absolute atomic E-state index is 5.30. The molecule has 0 spiro atoms. The van der Waals surface area contributed by atoms with E-state index < -0.39 is 0 Å². The smallest absolute Gasteiger partial charge is 0.164 e. The van der Waals surface area contributed by atoms with Gasteiger partial charge in [-0.25, -0.2) is 0 Å². The van der Waals surface area contributed by atoms with E-state index in [4.69, 9.17) is 18.0 Å². The second kappa shape index (κ2) is 4.51. The molecule has 64 valence electrons. The minimum absolute atomic E-state index is 0.399. The molecule has 0 atom stereocenters. The number of nitrogens with two attached hydrogens (primary N) is 1. The fourth-order valence-electron chi connectivity index (χ4n) is 1.31. The Morgan fingerprint density at radius 1 is 1.36 bits per heavy atom. The van der Waals surface area contributed by atoms with Gasteiger partial charge in [0.05, 0.1) is 6.67 Å². The summed E-state index contributed by atoms with van der Waals surface area (Å²) in [6.07, 6.45) is 3.97. The topological polar surface area (TPSA) is 41.3 Å². The van der Waals surface area contributed by atoms with Gasteiger partial charge < -0.3 is 11.1 Å². The van der Waals surface area contributed by atoms with Crippen molar-refractivity contribution >= 4 is 17.3 Å². The van der Waals surface area contributed by atoms with Gasteiger partial charge in [-0.2, -0.15) is 0 Å². The fourth-order valence-corrected chi connectivity index (χ4v) is 1.37. The Morgan fingerprint density at radius 3 is 2.55 bits per heavy atom. The summed E-state index contributed by atoms with van der Waals surface area (Å²) in [6.45, 7) is 3.17. The van der Waals surface area contributed by atoms with Gasteiger partial charge in [0.25, 0.3) is 0 Å². The molecule has 1 saturated heterocycles. The van der Waals surface area contributed by atoms with E-state index in [0.29, 0.717) is 5.11 Å². The number of rotatable bonds is 2. The lowest BCUT2D eigenvalue weighted by atomic mass is 10.1. The number of piperidine rings is 1. The first kappa shape index (κ1) is 8.74. The highest BCUT2D eigenvalue weighted by Gasteiger charge is 2.08. The Balaban J connectivity index is 2.09. The maximum atomic E-state index is 5.30. The first-order chi connectivity index (χ1) is 5.29. The van der Waals surface area contributed by atoms with Crippen LogP contribution < -0.4 is 11.1 Å². The number of hydrogen-bond donors (Lipinski definition) is 2. The molecule has 3 nitrogen and oxygen atoms in total. The molecule has 1 heterocycles. The van der Waals surface area contributed by atoms with Gasteiger partial charge in [0, 0.05) is 0 Å². The van der Waals surface area contributed by atoms with Gasteiger partial charge in [0.2, 0.25) is 0 Å².